The molecule has 0 rings (SSSR count). The number of hydrogen-bond acceptors (Lipinski definition) is 2. The molecule has 0 aromatic rings. The summed E-state index contributed by atoms with van der Waals surface area (Å²) < 4.78 is 0. The van der Waals surface area contributed by atoms with Gasteiger partial charge in [-0.05, 0) is 0 Å². The van der Waals surface area contributed by atoms with Crippen LogP contribution in [0.5, 0.6) is 0 Å². The van der Waals surface area contributed by atoms with Crippen LogP contribution in [0.3, 0.4) is 0 Å². The molecule has 0 radical (unpaired) electrons. The van der Waals surface area contributed by atoms with Gasteiger partial charge in [0.2, 0.25) is 0 Å². The van der Waals surface area contributed by atoms with E-state index >= 15 is 0 Å². The highest BCUT2D eigenvalue weighted by Gasteiger charge is 0.0824. The Hall–Kier alpha value is 0.0499. The van der Waals surface area contributed by atoms with Crippen molar-refractivity contribution in [1.29, 1.82) is 0 Å². The van der Waals surface area contributed by atoms with E-state index < -0.39 is 0 Å². The maximum absolute atomic E-state index is 0. The SMILES string of the molecule is B.B.N.N. The Bertz CT molecular complexity index is 4.00. The smallest absolute Gasteiger partial charge is 0.0814 e. The van der Waals surface area contributed by atoms with Crippen LogP contribution in [0.15, 0.2) is 0 Å². The van der Waals surface area contributed by atoms with E-state index in [4.69, 9.17) is 0 Å². The third-order valence-electron chi connectivity index (χ3n) is 0. The Labute approximate surface area is 30.3 Å². The van der Waals surface area contributed by atoms with Crippen molar-refractivity contribution in [2.24, 2.45) is 0 Å². The van der Waals surface area contributed by atoms with E-state index in [0.29, 0.717) is 0 Å². The molecule has 0 heterocycles. The van der Waals surface area contributed by atoms with Crippen LogP contribution in [0.4, 0.5) is 0 Å². The molecule has 28 valence electrons. The zero-order chi connectivity index (χ0) is 0. The quantitative estimate of drug-likeness (QED) is 0.317. The third-order valence-corrected chi connectivity index (χ3v) is 0. The average molecular weight is 61.7 g/mol. The van der Waals surface area contributed by atoms with Gasteiger partial charge in [-0.2, -0.15) is 0 Å². The Morgan fingerprint density at radius 2 is 0.500 bits per heavy atom. The first-order chi connectivity index (χ1) is 0. The van der Waals surface area contributed by atoms with Crippen LogP contribution in [-0.2, 0) is 0 Å². The number of rotatable bonds is 0. The van der Waals surface area contributed by atoms with Gasteiger partial charge in [0.05, 0.1) is 16.8 Å². The fourth-order valence-corrected chi connectivity index (χ4v) is 0. The van der Waals surface area contributed by atoms with Gasteiger partial charge in [0.25, 0.3) is 0 Å². The second-order valence-corrected chi connectivity index (χ2v) is 0. The molecule has 0 amide bonds. The molecule has 0 aromatic heterocycles. The minimum absolute atomic E-state index is 0. The fourth-order valence-electron chi connectivity index (χ4n) is 0. The van der Waals surface area contributed by atoms with E-state index in [2.05, 4.69) is 0 Å². The molecule has 4 heteroatoms. The summed E-state index contributed by atoms with van der Waals surface area (Å²) in [5, 5.41) is 0. The predicted octanol–water partition coefficient (Wildman–Crippen LogP) is -2.04. The van der Waals surface area contributed by atoms with E-state index in [1.807, 2.05) is 0 Å². The van der Waals surface area contributed by atoms with E-state index in [1.165, 1.54) is 0 Å². The van der Waals surface area contributed by atoms with Gasteiger partial charge in [0, 0.05) is 0 Å². The van der Waals surface area contributed by atoms with Crippen molar-refractivity contribution >= 4 is 16.8 Å². The molecule has 6 N–H and O–H groups in total. The van der Waals surface area contributed by atoms with Gasteiger partial charge >= 0.3 is 0 Å². The van der Waals surface area contributed by atoms with Crippen molar-refractivity contribution in [2.45, 2.75) is 0 Å². The molecular weight excluding hydrogens is 49.6 g/mol. The van der Waals surface area contributed by atoms with Crippen molar-refractivity contribution in [3.63, 3.8) is 0 Å². The second-order valence-electron chi connectivity index (χ2n) is 0. The highest BCUT2D eigenvalue weighted by atomic mass is 14.0. The van der Waals surface area contributed by atoms with Gasteiger partial charge in [-0.25, -0.2) is 0 Å². The minimum Gasteiger partial charge on any atom is -0.344 e. The van der Waals surface area contributed by atoms with E-state index in [1.54, 1.807) is 0 Å². The Kier molecular flexibility index (Phi) is 19500000. The summed E-state index contributed by atoms with van der Waals surface area (Å²) in [6, 6.07) is 0. The molecule has 0 aliphatic rings. The Balaban J connectivity index is 0. The topological polar surface area (TPSA) is 70.0 Å². The summed E-state index contributed by atoms with van der Waals surface area (Å²) in [5.41, 5.74) is 0. The predicted molar refractivity (Wildman–Crippen MR) is 29.9 cm³/mol. The summed E-state index contributed by atoms with van der Waals surface area (Å²) in [6.07, 6.45) is 0. The molecule has 0 saturated heterocycles. The van der Waals surface area contributed by atoms with Crippen LogP contribution in [0.2, 0.25) is 0 Å². The second kappa shape index (κ2) is 5150. The summed E-state index contributed by atoms with van der Waals surface area (Å²) in [6.45, 7) is 0. The zero-order valence-electron chi connectivity index (χ0n) is 1.41. The van der Waals surface area contributed by atoms with Crippen molar-refractivity contribution in [1.82, 2.24) is 12.3 Å². The first-order valence-corrected chi connectivity index (χ1v) is 0. The molecule has 0 atom stereocenters. The maximum atomic E-state index is 0. The Morgan fingerprint density at radius 1 is 0.500 bits per heavy atom. The first kappa shape index (κ1) is 15100. The summed E-state index contributed by atoms with van der Waals surface area (Å²) in [4.78, 5) is 0. The van der Waals surface area contributed by atoms with Crippen molar-refractivity contribution in [3.05, 3.63) is 0 Å². The van der Waals surface area contributed by atoms with E-state index in [0.717, 1.165) is 0 Å². The highest BCUT2D eigenvalue weighted by Crippen LogP contribution is -0.380. The molecule has 2 nitrogen and oxygen atoms in total. The molecule has 0 aliphatic heterocycles. The largest absolute Gasteiger partial charge is 0.344 e. The summed E-state index contributed by atoms with van der Waals surface area (Å²) in [5.74, 6) is 0. The molecule has 0 fully saturated rings. The van der Waals surface area contributed by atoms with Crippen LogP contribution in [0.1, 0.15) is 0 Å². The van der Waals surface area contributed by atoms with Gasteiger partial charge in [-0.1, -0.05) is 0 Å². The van der Waals surface area contributed by atoms with Crippen LogP contribution in [-0.4, -0.2) is 16.8 Å². The normalized spacial score (nSPS) is 0. The number of hydrogen-bond donors (Lipinski definition) is 2. The van der Waals surface area contributed by atoms with Crippen LogP contribution in [0, 0.1) is 0 Å². The van der Waals surface area contributed by atoms with Crippen LogP contribution >= 0.6 is 0 Å². The first-order valence-electron chi connectivity index (χ1n) is 0. The van der Waals surface area contributed by atoms with Crippen LogP contribution in [0.25, 0.3) is 0 Å². The zero-order valence-corrected chi connectivity index (χ0v) is 1.41. The molecule has 0 bridgehead atoms. The van der Waals surface area contributed by atoms with Crippen molar-refractivity contribution < 1.29 is 0 Å². The van der Waals surface area contributed by atoms with Gasteiger partial charge in [0.1, 0.15) is 0 Å². The molecule has 4 heavy (non-hydrogen) atoms. The lowest BCUT2D eigenvalue weighted by molar-refractivity contribution is 2.13. The standard InChI is InChI=1S/2BH3.2H3N/h4*1H3. The van der Waals surface area contributed by atoms with Crippen molar-refractivity contribution in [3.8, 4) is 0 Å². The van der Waals surface area contributed by atoms with Gasteiger partial charge < -0.3 is 12.3 Å². The van der Waals surface area contributed by atoms with Gasteiger partial charge in [-0.3, -0.25) is 0 Å². The monoisotopic (exact) mass is 62.1 g/mol. The minimum atomic E-state index is 0. The molecule has 0 saturated carbocycles. The lowest BCUT2D eigenvalue weighted by Crippen LogP contribution is -0.482. The summed E-state index contributed by atoms with van der Waals surface area (Å²) in [7, 11) is 0. The lowest BCUT2D eigenvalue weighted by Gasteiger charge is -0.345. The molecule has 0 aromatic carbocycles. The van der Waals surface area contributed by atoms with Crippen LogP contribution < -0.4 is 12.3 Å². The molecular formula is H12B2N2. The molecule has 0 unspecified atom stereocenters. The van der Waals surface area contributed by atoms with Gasteiger partial charge in [-0.15, -0.1) is 0 Å². The lowest BCUT2D eigenvalue weighted by atomic mass is 10.8. The van der Waals surface area contributed by atoms with E-state index in [-0.39, 0.29) is 29.1 Å². The average Bonchev–Trinajstić information content (AvgIpc) is 0. The van der Waals surface area contributed by atoms with Gasteiger partial charge in [0.15, 0.2) is 0 Å². The Morgan fingerprint density at radius 3 is 0.500 bits per heavy atom. The van der Waals surface area contributed by atoms with Crippen molar-refractivity contribution in [2.75, 3.05) is 0 Å². The highest BCUT2D eigenvalue weighted by molar-refractivity contribution is 5.76. The van der Waals surface area contributed by atoms with E-state index in [9.17, 15) is 0 Å². The molecule has 0 spiro atoms. The fraction of sp³-hybridized carbons (Fsp3) is 0. The maximum Gasteiger partial charge on any atom is 0.0814 e. The summed E-state index contributed by atoms with van der Waals surface area (Å²) >= 11 is 0. The third kappa shape index (κ3) is 908. The molecule has 0 aliphatic carbocycles.